The van der Waals surface area contributed by atoms with Crippen LogP contribution in [0.15, 0.2) is 18.2 Å². The molecular weight excluding hydrogens is 246 g/mol. The molecule has 100 valence electrons. The van der Waals surface area contributed by atoms with Gasteiger partial charge in [0.05, 0.1) is 6.61 Å². The smallest absolute Gasteiger partial charge is 0.0702 e. The maximum absolute atomic E-state index is 9.43. The first-order valence-corrected chi connectivity index (χ1v) is 7.14. The highest BCUT2D eigenvalue weighted by molar-refractivity contribution is 6.30. The van der Waals surface area contributed by atoms with Gasteiger partial charge in [0.25, 0.3) is 0 Å². The molecule has 1 saturated heterocycles. The number of rotatable bonds is 3. The van der Waals surface area contributed by atoms with Gasteiger partial charge in [0.1, 0.15) is 0 Å². The van der Waals surface area contributed by atoms with Crippen molar-refractivity contribution in [3.8, 4) is 0 Å². The zero-order valence-electron chi connectivity index (χ0n) is 11.2. The van der Waals surface area contributed by atoms with Gasteiger partial charge in [-0.05, 0) is 42.9 Å². The highest BCUT2D eigenvalue weighted by atomic mass is 35.5. The van der Waals surface area contributed by atoms with E-state index in [0.717, 1.165) is 36.2 Å². The normalized spacial score (nSPS) is 17.5. The molecule has 0 aromatic heterocycles. The van der Waals surface area contributed by atoms with Gasteiger partial charge in [-0.2, -0.15) is 0 Å². The summed E-state index contributed by atoms with van der Waals surface area (Å²) >= 11 is 5.97. The van der Waals surface area contributed by atoms with Crippen LogP contribution in [-0.4, -0.2) is 18.2 Å². The van der Waals surface area contributed by atoms with Crippen LogP contribution >= 0.6 is 11.6 Å². The second-order valence-corrected chi connectivity index (χ2v) is 5.94. The quantitative estimate of drug-likeness (QED) is 0.903. The largest absolute Gasteiger partial charge is 0.392 e. The topological polar surface area (TPSA) is 23.5 Å². The highest BCUT2D eigenvalue weighted by Crippen LogP contribution is 2.30. The fraction of sp³-hybridized carbons (Fsp3) is 0.600. The van der Waals surface area contributed by atoms with Crippen LogP contribution in [0.3, 0.4) is 0 Å². The number of anilines is 1. The average molecular weight is 268 g/mol. The summed E-state index contributed by atoms with van der Waals surface area (Å²) in [6.45, 7) is 6.83. The van der Waals surface area contributed by atoms with E-state index < -0.39 is 0 Å². The Labute approximate surface area is 115 Å². The molecule has 1 fully saturated rings. The van der Waals surface area contributed by atoms with Gasteiger partial charge in [-0.15, -0.1) is 0 Å². The van der Waals surface area contributed by atoms with Crippen LogP contribution in [0, 0.1) is 11.8 Å². The molecule has 0 radical (unpaired) electrons. The Morgan fingerprint density at radius 2 is 2.00 bits per heavy atom. The molecule has 0 amide bonds. The van der Waals surface area contributed by atoms with Crippen LogP contribution in [0.4, 0.5) is 5.69 Å². The van der Waals surface area contributed by atoms with Gasteiger partial charge in [0.2, 0.25) is 0 Å². The maximum Gasteiger partial charge on any atom is 0.0702 e. The summed E-state index contributed by atoms with van der Waals surface area (Å²) in [6, 6.07) is 5.81. The molecule has 1 heterocycles. The summed E-state index contributed by atoms with van der Waals surface area (Å²) in [5.41, 5.74) is 2.08. The first kappa shape index (κ1) is 13.7. The van der Waals surface area contributed by atoms with Crippen molar-refractivity contribution < 1.29 is 5.11 Å². The molecule has 1 aromatic carbocycles. The van der Waals surface area contributed by atoms with E-state index in [1.54, 1.807) is 0 Å². The van der Waals surface area contributed by atoms with Gasteiger partial charge in [-0.25, -0.2) is 0 Å². The van der Waals surface area contributed by atoms with E-state index in [0.29, 0.717) is 5.02 Å². The maximum atomic E-state index is 9.43. The average Bonchev–Trinajstić information content (AvgIpc) is 2.38. The zero-order chi connectivity index (χ0) is 13.1. The molecule has 18 heavy (non-hydrogen) atoms. The molecular formula is C15H22ClNO. The standard InChI is InChI=1S/C15H22ClNO/c1-11(2)12-5-7-17(8-6-12)15-4-3-14(16)9-13(15)10-18/h3-4,9,11-12,18H,5-8,10H2,1-2H3. The van der Waals surface area contributed by atoms with Crippen LogP contribution in [0.2, 0.25) is 5.02 Å². The molecule has 1 aliphatic heterocycles. The van der Waals surface area contributed by atoms with Gasteiger partial charge < -0.3 is 10.0 Å². The summed E-state index contributed by atoms with van der Waals surface area (Å²) in [5, 5.41) is 10.1. The minimum atomic E-state index is 0.0556. The van der Waals surface area contributed by atoms with Crippen molar-refractivity contribution in [1.29, 1.82) is 0 Å². The van der Waals surface area contributed by atoms with E-state index in [9.17, 15) is 5.11 Å². The van der Waals surface area contributed by atoms with Crippen molar-refractivity contribution in [1.82, 2.24) is 0 Å². The Bertz CT molecular complexity index is 397. The van der Waals surface area contributed by atoms with E-state index in [-0.39, 0.29) is 6.61 Å². The third-order valence-electron chi connectivity index (χ3n) is 4.03. The summed E-state index contributed by atoms with van der Waals surface area (Å²) in [7, 11) is 0. The number of hydrogen-bond acceptors (Lipinski definition) is 2. The molecule has 1 aromatic rings. The predicted molar refractivity (Wildman–Crippen MR) is 77.1 cm³/mol. The first-order valence-electron chi connectivity index (χ1n) is 6.76. The van der Waals surface area contributed by atoms with E-state index >= 15 is 0 Å². The third-order valence-corrected chi connectivity index (χ3v) is 4.27. The van der Waals surface area contributed by atoms with Crippen molar-refractivity contribution in [3.63, 3.8) is 0 Å². The van der Waals surface area contributed by atoms with Crippen molar-refractivity contribution in [2.75, 3.05) is 18.0 Å². The number of aliphatic hydroxyl groups is 1. The Kier molecular flexibility index (Phi) is 4.52. The Morgan fingerprint density at radius 3 is 2.56 bits per heavy atom. The molecule has 0 aliphatic carbocycles. The lowest BCUT2D eigenvalue weighted by atomic mass is 9.86. The lowest BCUT2D eigenvalue weighted by Crippen LogP contribution is -2.35. The predicted octanol–water partition coefficient (Wildman–Crippen LogP) is 3.70. The molecule has 0 atom stereocenters. The number of nitrogens with zero attached hydrogens (tertiary/aromatic N) is 1. The van der Waals surface area contributed by atoms with E-state index in [4.69, 9.17) is 11.6 Å². The molecule has 0 unspecified atom stereocenters. The van der Waals surface area contributed by atoms with Crippen LogP contribution < -0.4 is 4.90 Å². The summed E-state index contributed by atoms with van der Waals surface area (Å²) < 4.78 is 0. The lowest BCUT2D eigenvalue weighted by Gasteiger charge is -2.36. The van der Waals surface area contributed by atoms with Gasteiger partial charge in [0, 0.05) is 29.4 Å². The number of hydrogen-bond donors (Lipinski definition) is 1. The Hall–Kier alpha value is -0.730. The second kappa shape index (κ2) is 5.94. The Balaban J connectivity index is 2.09. The molecule has 1 N–H and O–H groups in total. The minimum Gasteiger partial charge on any atom is -0.392 e. The third kappa shape index (κ3) is 2.99. The summed E-state index contributed by atoms with van der Waals surface area (Å²) in [4.78, 5) is 2.38. The molecule has 2 rings (SSSR count). The molecule has 1 aliphatic rings. The number of piperidine rings is 1. The fourth-order valence-corrected chi connectivity index (χ4v) is 2.99. The zero-order valence-corrected chi connectivity index (χ0v) is 12.0. The fourth-order valence-electron chi connectivity index (χ4n) is 2.80. The van der Waals surface area contributed by atoms with Crippen LogP contribution in [0.25, 0.3) is 0 Å². The molecule has 0 spiro atoms. The lowest BCUT2D eigenvalue weighted by molar-refractivity contribution is 0.280. The van der Waals surface area contributed by atoms with Crippen molar-refractivity contribution in [2.45, 2.75) is 33.3 Å². The van der Waals surface area contributed by atoms with Crippen molar-refractivity contribution >= 4 is 17.3 Å². The van der Waals surface area contributed by atoms with Crippen molar-refractivity contribution in [2.24, 2.45) is 11.8 Å². The van der Waals surface area contributed by atoms with Crippen LogP contribution in [0.5, 0.6) is 0 Å². The summed E-state index contributed by atoms with van der Waals surface area (Å²) in [5.74, 6) is 1.61. The SMILES string of the molecule is CC(C)C1CCN(c2ccc(Cl)cc2CO)CC1. The second-order valence-electron chi connectivity index (χ2n) is 5.50. The van der Waals surface area contributed by atoms with Crippen molar-refractivity contribution in [3.05, 3.63) is 28.8 Å². The number of benzene rings is 1. The van der Waals surface area contributed by atoms with E-state index in [2.05, 4.69) is 18.7 Å². The first-order chi connectivity index (χ1) is 8.61. The van der Waals surface area contributed by atoms with Gasteiger partial charge in [0.15, 0.2) is 0 Å². The number of aliphatic hydroxyl groups excluding tert-OH is 1. The van der Waals surface area contributed by atoms with Crippen LogP contribution in [-0.2, 0) is 6.61 Å². The van der Waals surface area contributed by atoms with E-state index in [1.165, 1.54) is 12.8 Å². The molecule has 2 nitrogen and oxygen atoms in total. The minimum absolute atomic E-state index is 0.0556. The van der Waals surface area contributed by atoms with Gasteiger partial charge in [-0.1, -0.05) is 25.4 Å². The molecule has 0 saturated carbocycles. The number of halogens is 1. The monoisotopic (exact) mass is 267 g/mol. The Morgan fingerprint density at radius 1 is 1.33 bits per heavy atom. The van der Waals surface area contributed by atoms with Gasteiger partial charge >= 0.3 is 0 Å². The molecule has 3 heteroatoms. The highest BCUT2D eigenvalue weighted by Gasteiger charge is 2.22. The van der Waals surface area contributed by atoms with Gasteiger partial charge in [-0.3, -0.25) is 0 Å². The van der Waals surface area contributed by atoms with Crippen LogP contribution in [0.1, 0.15) is 32.3 Å². The summed E-state index contributed by atoms with van der Waals surface area (Å²) in [6.07, 6.45) is 2.48. The van der Waals surface area contributed by atoms with E-state index in [1.807, 2.05) is 18.2 Å². The molecule has 0 bridgehead atoms.